The fourth-order valence-electron chi connectivity index (χ4n) is 3.02. The second-order valence-corrected chi connectivity index (χ2v) is 7.12. The van der Waals surface area contributed by atoms with E-state index < -0.39 is 23.3 Å². The molecule has 7 heteroatoms. The Morgan fingerprint density at radius 2 is 2.13 bits per heavy atom. The standard InChI is InChI=1S/C16H21ClFN3O2/c1-16(2,3)21-14(23)7-12(20-8-13(19)22)15(21)9-4-5-10(17)11(18)6-9/h4-6,12,15,20H,7-8H2,1-3H3,(H2,19,22)/t12-,15+/m0/s1. The number of primary amides is 1. The van der Waals surface area contributed by atoms with Gasteiger partial charge in [-0.3, -0.25) is 9.59 Å². The average Bonchev–Trinajstić information content (AvgIpc) is 2.76. The van der Waals surface area contributed by atoms with Gasteiger partial charge in [0.05, 0.1) is 17.6 Å². The van der Waals surface area contributed by atoms with Gasteiger partial charge in [0, 0.05) is 18.0 Å². The quantitative estimate of drug-likeness (QED) is 0.879. The Balaban J connectivity index is 2.41. The van der Waals surface area contributed by atoms with Crippen LogP contribution in [-0.2, 0) is 9.59 Å². The van der Waals surface area contributed by atoms with E-state index in [1.54, 1.807) is 11.0 Å². The lowest BCUT2D eigenvalue weighted by molar-refractivity contribution is -0.133. The number of nitrogens with two attached hydrogens (primary N) is 1. The second-order valence-electron chi connectivity index (χ2n) is 6.71. The third-order valence-corrected chi connectivity index (χ3v) is 4.18. The molecule has 0 radical (unpaired) electrons. The zero-order chi connectivity index (χ0) is 17.4. The molecule has 0 aliphatic carbocycles. The third-order valence-electron chi connectivity index (χ3n) is 3.87. The molecule has 0 aromatic heterocycles. The van der Waals surface area contributed by atoms with Crippen molar-refractivity contribution in [1.29, 1.82) is 0 Å². The fraction of sp³-hybridized carbons (Fsp3) is 0.500. The van der Waals surface area contributed by atoms with Gasteiger partial charge in [0.1, 0.15) is 5.82 Å². The van der Waals surface area contributed by atoms with E-state index in [1.165, 1.54) is 12.1 Å². The van der Waals surface area contributed by atoms with Crippen molar-refractivity contribution in [1.82, 2.24) is 10.2 Å². The highest BCUT2D eigenvalue weighted by Gasteiger charge is 2.45. The minimum Gasteiger partial charge on any atom is -0.369 e. The van der Waals surface area contributed by atoms with Gasteiger partial charge in [0.2, 0.25) is 11.8 Å². The number of halogens is 2. The summed E-state index contributed by atoms with van der Waals surface area (Å²) in [4.78, 5) is 25.2. The van der Waals surface area contributed by atoms with Gasteiger partial charge < -0.3 is 16.0 Å². The highest BCUT2D eigenvalue weighted by Crippen LogP contribution is 2.39. The summed E-state index contributed by atoms with van der Waals surface area (Å²) in [6, 6.07) is 3.79. The summed E-state index contributed by atoms with van der Waals surface area (Å²) in [5.74, 6) is -1.10. The van der Waals surface area contributed by atoms with Gasteiger partial charge in [-0.15, -0.1) is 0 Å². The van der Waals surface area contributed by atoms with Crippen molar-refractivity contribution in [2.45, 2.75) is 44.8 Å². The van der Waals surface area contributed by atoms with Gasteiger partial charge in [-0.25, -0.2) is 4.39 Å². The molecule has 1 aromatic carbocycles. The summed E-state index contributed by atoms with van der Waals surface area (Å²) >= 11 is 5.75. The van der Waals surface area contributed by atoms with E-state index in [4.69, 9.17) is 17.3 Å². The number of benzene rings is 1. The average molecular weight is 342 g/mol. The molecule has 0 bridgehead atoms. The predicted octanol–water partition coefficient (Wildman–Crippen LogP) is 1.99. The van der Waals surface area contributed by atoms with Crippen LogP contribution in [0, 0.1) is 5.82 Å². The van der Waals surface area contributed by atoms with Crippen molar-refractivity contribution >= 4 is 23.4 Å². The first-order valence-electron chi connectivity index (χ1n) is 7.40. The van der Waals surface area contributed by atoms with Gasteiger partial charge in [-0.2, -0.15) is 0 Å². The van der Waals surface area contributed by atoms with E-state index >= 15 is 0 Å². The minimum atomic E-state index is -0.536. The molecule has 5 nitrogen and oxygen atoms in total. The summed E-state index contributed by atoms with van der Waals surface area (Å²) in [6.07, 6.45) is 0.222. The van der Waals surface area contributed by atoms with Crippen LogP contribution in [0.3, 0.4) is 0 Å². The highest BCUT2D eigenvalue weighted by atomic mass is 35.5. The molecule has 0 unspecified atom stereocenters. The molecule has 2 rings (SSSR count). The Kier molecular flexibility index (Phi) is 4.96. The van der Waals surface area contributed by atoms with Crippen molar-refractivity contribution < 1.29 is 14.0 Å². The monoisotopic (exact) mass is 341 g/mol. The van der Waals surface area contributed by atoms with Gasteiger partial charge in [-0.1, -0.05) is 17.7 Å². The lowest BCUT2D eigenvalue weighted by atomic mass is 9.96. The van der Waals surface area contributed by atoms with Gasteiger partial charge in [0.15, 0.2) is 0 Å². The Bertz CT molecular complexity index is 630. The number of amides is 2. The first-order valence-corrected chi connectivity index (χ1v) is 7.78. The molecular formula is C16H21ClFN3O2. The molecule has 3 N–H and O–H groups in total. The van der Waals surface area contributed by atoms with Crippen molar-refractivity contribution in [2.75, 3.05) is 6.54 Å². The lowest BCUT2D eigenvalue weighted by Crippen LogP contribution is -2.47. The second kappa shape index (κ2) is 6.45. The number of carbonyl (C=O) groups excluding carboxylic acids is 2. The van der Waals surface area contributed by atoms with Crippen LogP contribution in [0.1, 0.15) is 38.8 Å². The number of carbonyl (C=O) groups is 2. The van der Waals surface area contributed by atoms with Crippen LogP contribution in [0.2, 0.25) is 5.02 Å². The van der Waals surface area contributed by atoms with Crippen LogP contribution in [0.4, 0.5) is 4.39 Å². The molecule has 2 atom stereocenters. The summed E-state index contributed by atoms with van der Waals surface area (Å²) in [5.41, 5.74) is 5.37. The maximum atomic E-state index is 13.9. The number of hydrogen-bond donors (Lipinski definition) is 2. The van der Waals surface area contributed by atoms with Crippen LogP contribution in [-0.4, -0.2) is 34.8 Å². The number of nitrogens with zero attached hydrogens (tertiary/aromatic N) is 1. The molecule has 1 aromatic rings. The summed E-state index contributed by atoms with van der Waals surface area (Å²) < 4.78 is 13.9. The third kappa shape index (κ3) is 3.82. The fourth-order valence-corrected chi connectivity index (χ4v) is 3.14. The first kappa shape index (κ1) is 17.7. The van der Waals surface area contributed by atoms with Crippen molar-refractivity contribution in [3.05, 3.63) is 34.6 Å². The maximum Gasteiger partial charge on any atom is 0.231 e. The number of hydrogen-bond acceptors (Lipinski definition) is 3. The molecule has 2 amide bonds. The lowest BCUT2D eigenvalue weighted by Gasteiger charge is -2.39. The van der Waals surface area contributed by atoms with Crippen molar-refractivity contribution in [3.8, 4) is 0 Å². The summed E-state index contributed by atoms with van der Waals surface area (Å²) in [6.45, 7) is 5.71. The minimum absolute atomic E-state index is 0.0297. The normalized spacial score (nSPS) is 21.8. The van der Waals surface area contributed by atoms with Crippen molar-refractivity contribution in [2.24, 2.45) is 5.73 Å². The molecule has 1 saturated heterocycles. The molecule has 1 heterocycles. The van der Waals surface area contributed by atoms with E-state index in [0.717, 1.165) is 0 Å². The molecule has 0 saturated carbocycles. The molecule has 126 valence electrons. The maximum absolute atomic E-state index is 13.9. The topological polar surface area (TPSA) is 75.4 Å². The van der Waals surface area contributed by atoms with E-state index in [1.807, 2.05) is 20.8 Å². The van der Waals surface area contributed by atoms with Crippen LogP contribution in [0.5, 0.6) is 0 Å². The van der Waals surface area contributed by atoms with Crippen LogP contribution >= 0.6 is 11.6 Å². The van der Waals surface area contributed by atoms with Gasteiger partial charge in [-0.05, 0) is 38.5 Å². The van der Waals surface area contributed by atoms with Crippen LogP contribution in [0.15, 0.2) is 18.2 Å². The number of likely N-dealkylation sites (tertiary alicyclic amines) is 1. The van der Waals surface area contributed by atoms with E-state index in [-0.39, 0.29) is 29.9 Å². The van der Waals surface area contributed by atoms with E-state index in [2.05, 4.69) is 5.32 Å². The largest absolute Gasteiger partial charge is 0.369 e. The molecule has 23 heavy (non-hydrogen) atoms. The zero-order valence-electron chi connectivity index (χ0n) is 13.4. The van der Waals surface area contributed by atoms with Crippen LogP contribution < -0.4 is 11.1 Å². The number of nitrogens with one attached hydrogen (secondary N) is 1. The van der Waals surface area contributed by atoms with Gasteiger partial charge in [0.25, 0.3) is 0 Å². The van der Waals surface area contributed by atoms with Gasteiger partial charge >= 0.3 is 0 Å². The Morgan fingerprint density at radius 3 is 2.65 bits per heavy atom. The Morgan fingerprint density at radius 1 is 1.48 bits per heavy atom. The Labute approximate surface area is 140 Å². The highest BCUT2D eigenvalue weighted by molar-refractivity contribution is 6.30. The number of rotatable bonds is 4. The molecule has 0 spiro atoms. The predicted molar refractivity (Wildman–Crippen MR) is 86.4 cm³/mol. The van der Waals surface area contributed by atoms with E-state index in [0.29, 0.717) is 5.56 Å². The molecule has 1 fully saturated rings. The summed E-state index contributed by atoms with van der Waals surface area (Å²) in [5, 5.41) is 3.03. The van der Waals surface area contributed by atoms with Crippen LogP contribution in [0.25, 0.3) is 0 Å². The zero-order valence-corrected chi connectivity index (χ0v) is 14.2. The first-order chi connectivity index (χ1) is 10.6. The Hall–Kier alpha value is -1.66. The summed E-state index contributed by atoms with van der Waals surface area (Å²) in [7, 11) is 0. The SMILES string of the molecule is CC(C)(C)N1C(=O)C[C@H](NCC(N)=O)[C@H]1c1ccc(Cl)c(F)c1. The molecular weight excluding hydrogens is 321 g/mol. The molecule has 1 aliphatic heterocycles. The van der Waals surface area contributed by atoms with E-state index in [9.17, 15) is 14.0 Å². The smallest absolute Gasteiger partial charge is 0.231 e. The van der Waals surface area contributed by atoms with Crippen molar-refractivity contribution in [3.63, 3.8) is 0 Å². The molecule has 1 aliphatic rings.